The van der Waals surface area contributed by atoms with Crippen molar-refractivity contribution >= 4 is 17.2 Å². The van der Waals surface area contributed by atoms with Crippen LogP contribution >= 0.6 is 11.3 Å². The summed E-state index contributed by atoms with van der Waals surface area (Å²) in [7, 11) is 0. The summed E-state index contributed by atoms with van der Waals surface area (Å²) in [5, 5.41) is 1.91. The zero-order valence-electron chi connectivity index (χ0n) is 10.9. The van der Waals surface area contributed by atoms with Gasteiger partial charge >= 0.3 is 5.69 Å². The minimum absolute atomic E-state index is 0.0844. The highest BCUT2D eigenvalue weighted by molar-refractivity contribution is 7.12. The number of hydrogen-bond donors (Lipinski definition) is 1. The van der Waals surface area contributed by atoms with Gasteiger partial charge in [-0.1, -0.05) is 6.07 Å². The molecule has 0 unspecified atom stereocenters. The van der Waals surface area contributed by atoms with Crippen LogP contribution in [0.25, 0.3) is 0 Å². The lowest BCUT2D eigenvalue weighted by Gasteiger charge is -2.32. The maximum absolute atomic E-state index is 12.4. The summed E-state index contributed by atoms with van der Waals surface area (Å²) in [6, 6.07) is 5.57. The molecule has 1 saturated heterocycles. The van der Waals surface area contributed by atoms with Crippen LogP contribution in [0.4, 0.5) is 0 Å². The number of H-pyrrole nitrogens is 1. The molecule has 2 aromatic heterocycles. The quantitative estimate of drug-likeness (QED) is 0.917. The molecule has 0 bridgehead atoms. The van der Waals surface area contributed by atoms with Gasteiger partial charge in [0.2, 0.25) is 0 Å². The average molecular weight is 289 g/mol. The minimum atomic E-state index is -0.329. The molecule has 0 spiro atoms. The molecule has 0 aromatic carbocycles. The van der Waals surface area contributed by atoms with Gasteiger partial charge in [0, 0.05) is 30.9 Å². The number of rotatable bonds is 2. The van der Waals surface area contributed by atoms with Crippen molar-refractivity contribution in [3.8, 4) is 0 Å². The van der Waals surface area contributed by atoms with Gasteiger partial charge < -0.3 is 9.88 Å². The van der Waals surface area contributed by atoms with E-state index in [0.717, 1.165) is 30.0 Å². The van der Waals surface area contributed by atoms with Crippen LogP contribution in [-0.2, 0) is 0 Å². The first-order valence-electron chi connectivity index (χ1n) is 6.62. The maximum Gasteiger partial charge on any atom is 0.345 e. The number of hydrogen-bond acceptors (Lipinski definition) is 4. The van der Waals surface area contributed by atoms with Crippen molar-refractivity contribution in [3.05, 3.63) is 50.8 Å². The Morgan fingerprint density at radius 3 is 3.10 bits per heavy atom. The Kier molecular flexibility index (Phi) is 3.64. The number of carbonyl (C=O) groups excluding carboxylic acids is 1. The molecule has 5 nitrogen and oxygen atoms in total. The number of carbonyl (C=O) groups is 1. The number of aromatic nitrogens is 2. The second-order valence-corrected chi connectivity index (χ2v) is 5.85. The van der Waals surface area contributed by atoms with Crippen LogP contribution in [0.5, 0.6) is 0 Å². The van der Waals surface area contributed by atoms with Gasteiger partial charge in [0.05, 0.1) is 4.88 Å². The molecule has 0 radical (unpaired) electrons. The van der Waals surface area contributed by atoms with Crippen molar-refractivity contribution in [2.75, 3.05) is 13.1 Å². The topological polar surface area (TPSA) is 66.1 Å². The predicted molar refractivity (Wildman–Crippen MR) is 77.1 cm³/mol. The van der Waals surface area contributed by atoms with Crippen molar-refractivity contribution in [2.24, 2.45) is 0 Å². The predicted octanol–water partition coefficient (Wildman–Crippen LogP) is 1.85. The third-order valence-electron chi connectivity index (χ3n) is 3.58. The van der Waals surface area contributed by atoms with Gasteiger partial charge in [-0.25, -0.2) is 9.78 Å². The van der Waals surface area contributed by atoms with Crippen LogP contribution in [-0.4, -0.2) is 33.9 Å². The summed E-state index contributed by atoms with van der Waals surface area (Å²) in [6.07, 6.45) is 3.45. The lowest BCUT2D eigenvalue weighted by atomic mass is 9.94. The molecule has 0 aliphatic carbocycles. The molecule has 2 aromatic rings. The van der Waals surface area contributed by atoms with Crippen molar-refractivity contribution in [2.45, 2.75) is 18.8 Å². The standard InChI is InChI=1S/C14H15N3O2S/c18-13(12-4-2-8-20-12)17-7-1-3-10(9-17)11-5-6-15-14(19)16-11/h2,4-6,8,10H,1,3,7,9H2,(H,15,16,19)/t10-/m1/s1. The normalized spacial score (nSPS) is 19.0. The number of aromatic amines is 1. The summed E-state index contributed by atoms with van der Waals surface area (Å²) in [4.78, 5) is 32.7. The Labute approximate surface area is 120 Å². The maximum atomic E-state index is 12.4. The minimum Gasteiger partial charge on any atom is -0.337 e. The largest absolute Gasteiger partial charge is 0.345 e. The first-order valence-corrected chi connectivity index (χ1v) is 7.50. The summed E-state index contributed by atoms with van der Waals surface area (Å²) in [6.45, 7) is 1.43. The van der Waals surface area contributed by atoms with E-state index in [1.54, 1.807) is 0 Å². The lowest BCUT2D eigenvalue weighted by Crippen LogP contribution is -2.39. The molecular formula is C14H15N3O2S. The Balaban J connectivity index is 1.77. The molecule has 1 amide bonds. The molecule has 1 fully saturated rings. The number of piperidine rings is 1. The Bertz CT molecular complexity index is 650. The molecule has 1 N–H and O–H groups in total. The van der Waals surface area contributed by atoms with E-state index in [2.05, 4.69) is 9.97 Å². The van der Waals surface area contributed by atoms with Crippen molar-refractivity contribution < 1.29 is 4.79 Å². The molecule has 20 heavy (non-hydrogen) atoms. The second-order valence-electron chi connectivity index (χ2n) is 4.90. The zero-order chi connectivity index (χ0) is 13.9. The van der Waals surface area contributed by atoms with Crippen LogP contribution in [0, 0.1) is 0 Å². The van der Waals surface area contributed by atoms with E-state index in [9.17, 15) is 9.59 Å². The van der Waals surface area contributed by atoms with Crippen molar-refractivity contribution in [3.63, 3.8) is 0 Å². The van der Waals surface area contributed by atoms with E-state index in [4.69, 9.17) is 0 Å². The number of likely N-dealkylation sites (tertiary alicyclic amines) is 1. The van der Waals surface area contributed by atoms with E-state index < -0.39 is 0 Å². The van der Waals surface area contributed by atoms with Gasteiger partial charge in [-0.15, -0.1) is 11.3 Å². The Morgan fingerprint density at radius 2 is 2.35 bits per heavy atom. The van der Waals surface area contributed by atoms with Crippen molar-refractivity contribution in [1.82, 2.24) is 14.9 Å². The van der Waals surface area contributed by atoms with E-state index in [1.165, 1.54) is 17.5 Å². The molecule has 1 aliphatic rings. The monoisotopic (exact) mass is 289 g/mol. The van der Waals surface area contributed by atoms with Crippen LogP contribution in [0.15, 0.2) is 34.6 Å². The summed E-state index contributed by atoms with van der Waals surface area (Å²) >= 11 is 1.47. The molecule has 3 heterocycles. The highest BCUT2D eigenvalue weighted by Crippen LogP contribution is 2.26. The summed E-state index contributed by atoms with van der Waals surface area (Å²) in [5.41, 5.74) is 0.540. The van der Waals surface area contributed by atoms with Gasteiger partial charge in [0.1, 0.15) is 0 Å². The molecule has 104 valence electrons. The Hall–Kier alpha value is -1.95. The van der Waals surface area contributed by atoms with Crippen LogP contribution in [0.2, 0.25) is 0 Å². The molecule has 6 heteroatoms. The number of amides is 1. The van der Waals surface area contributed by atoms with Gasteiger partial charge in [-0.3, -0.25) is 4.79 Å². The van der Waals surface area contributed by atoms with E-state index in [0.29, 0.717) is 6.54 Å². The van der Waals surface area contributed by atoms with Crippen LogP contribution in [0.1, 0.15) is 34.1 Å². The summed E-state index contributed by atoms with van der Waals surface area (Å²) < 4.78 is 0. The van der Waals surface area contributed by atoms with E-state index in [-0.39, 0.29) is 17.5 Å². The Morgan fingerprint density at radius 1 is 1.45 bits per heavy atom. The summed E-state index contributed by atoms with van der Waals surface area (Å²) in [5.74, 6) is 0.268. The SMILES string of the molecule is O=C(c1cccs1)N1CCC[C@@H](c2ccnc(=O)[nH]2)C1. The van der Waals surface area contributed by atoms with E-state index >= 15 is 0 Å². The number of nitrogens with zero attached hydrogens (tertiary/aromatic N) is 2. The molecular weight excluding hydrogens is 274 g/mol. The highest BCUT2D eigenvalue weighted by Gasteiger charge is 2.26. The number of thiophene rings is 1. The smallest absolute Gasteiger partial charge is 0.337 e. The zero-order valence-corrected chi connectivity index (χ0v) is 11.7. The van der Waals surface area contributed by atoms with Crippen molar-refractivity contribution in [1.29, 1.82) is 0 Å². The molecule has 1 atom stereocenters. The van der Waals surface area contributed by atoms with Crippen LogP contribution in [0.3, 0.4) is 0 Å². The average Bonchev–Trinajstić information content (AvgIpc) is 3.01. The first kappa shape index (κ1) is 13.1. The van der Waals surface area contributed by atoms with Crippen LogP contribution < -0.4 is 5.69 Å². The lowest BCUT2D eigenvalue weighted by molar-refractivity contribution is 0.0711. The van der Waals surface area contributed by atoms with E-state index in [1.807, 2.05) is 28.5 Å². The molecule has 1 aliphatic heterocycles. The van der Waals surface area contributed by atoms with Gasteiger partial charge in [-0.05, 0) is 30.4 Å². The highest BCUT2D eigenvalue weighted by atomic mass is 32.1. The molecule has 0 saturated carbocycles. The molecule has 3 rings (SSSR count). The fourth-order valence-electron chi connectivity index (χ4n) is 2.59. The first-order chi connectivity index (χ1) is 9.74. The third-order valence-corrected chi connectivity index (χ3v) is 4.44. The fourth-order valence-corrected chi connectivity index (χ4v) is 3.28. The third kappa shape index (κ3) is 2.65. The number of nitrogens with one attached hydrogen (secondary N) is 1. The second kappa shape index (κ2) is 5.58. The van der Waals surface area contributed by atoms with Gasteiger partial charge in [0.15, 0.2) is 0 Å². The van der Waals surface area contributed by atoms with Gasteiger partial charge in [-0.2, -0.15) is 0 Å². The van der Waals surface area contributed by atoms with Gasteiger partial charge in [0.25, 0.3) is 5.91 Å². The fraction of sp³-hybridized carbons (Fsp3) is 0.357.